The molecular weight excluding hydrogens is 330 g/mol. The Bertz CT molecular complexity index is 773. The van der Waals surface area contributed by atoms with E-state index in [1.54, 1.807) is 12.3 Å². The Morgan fingerprint density at radius 3 is 2.73 bits per heavy atom. The summed E-state index contributed by atoms with van der Waals surface area (Å²) in [5, 5.41) is 4.05. The van der Waals surface area contributed by atoms with E-state index < -0.39 is 0 Å². The topological polar surface area (TPSA) is 75.4 Å². The van der Waals surface area contributed by atoms with Crippen LogP contribution in [0.1, 0.15) is 37.5 Å². The average Bonchev–Trinajstić information content (AvgIpc) is 3.43. The third-order valence-corrected chi connectivity index (χ3v) is 4.89. The Morgan fingerprint density at radius 2 is 2.08 bits per heavy atom. The smallest absolute Gasteiger partial charge is 0.230 e. The van der Waals surface area contributed by atoms with E-state index in [1.807, 2.05) is 17.0 Å². The Morgan fingerprint density at radius 1 is 1.27 bits per heavy atom. The van der Waals surface area contributed by atoms with Crippen LogP contribution in [0.2, 0.25) is 0 Å². The molecule has 7 heteroatoms. The van der Waals surface area contributed by atoms with E-state index >= 15 is 0 Å². The molecule has 2 aromatic heterocycles. The van der Waals surface area contributed by atoms with E-state index in [4.69, 9.17) is 4.52 Å². The van der Waals surface area contributed by atoms with E-state index in [9.17, 15) is 4.79 Å². The normalized spacial score (nSPS) is 17.4. The lowest BCUT2D eigenvalue weighted by Crippen LogP contribution is -2.49. The van der Waals surface area contributed by atoms with Gasteiger partial charge in [-0.1, -0.05) is 11.2 Å². The number of carbonyl (C=O) groups is 1. The second kappa shape index (κ2) is 7.27. The van der Waals surface area contributed by atoms with Crippen molar-refractivity contribution in [1.82, 2.24) is 20.0 Å². The molecule has 0 aromatic carbocycles. The Hall–Kier alpha value is -2.70. The third kappa shape index (κ3) is 3.61. The van der Waals surface area contributed by atoms with Gasteiger partial charge in [-0.15, -0.1) is 6.58 Å². The highest BCUT2D eigenvalue weighted by atomic mass is 16.5. The van der Waals surface area contributed by atoms with Crippen molar-refractivity contribution >= 4 is 11.7 Å². The number of hydrogen-bond acceptors (Lipinski definition) is 6. The van der Waals surface area contributed by atoms with Crippen LogP contribution in [0.4, 0.5) is 5.82 Å². The quantitative estimate of drug-likeness (QED) is 0.743. The first-order valence-electron chi connectivity index (χ1n) is 9.18. The lowest BCUT2D eigenvalue weighted by Gasteiger charge is -2.35. The molecule has 2 aliphatic rings. The maximum atomic E-state index is 12.1. The van der Waals surface area contributed by atoms with Crippen LogP contribution in [0.25, 0.3) is 11.4 Å². The van der Waals surface area contributed by atoms with Crippen molar-refractivity contribution in [3.8, 4) is 11.4 Å². The summed E-state index contributed by atoms with van der Waals surface area (Å²) in [7, 11) is 0. The maximum absolute atomic E-state index is 12.1. The Kier molecular flexibility index (Phi) is 4.69. The van der Waals surface area contributed by atoms with E-state index in [0.29, 0.717) is 18.2 Å². The predicted octanol–water partition coefficient (Wildman–Crippen LogP) is 2.62. The minimum absolute atomic E-state index is 0.205. The number of hydrogen-bond donors (Lipinski definition) is 0. The third-order valence-electron chi connectivity index (χ3n) is 4.89. The van der Waals surface area contributed by atoms with Gasteiger partial charge in [0, 0.05) is 50.3 Å². The highest BCUT2D eigenvalue weighted by Crippen LogP contribution is 2.39. The van der Waals surface area contributed by atoms with Crippen LogP contribution in [0.3, 0.4) is 0 Å². The molecule has 1 saturated carbocycles. The summed E-state index contributed by atoms with van der Waals surface area (Å²) in [6, 6.07) is 3.96. The number of aromatic nitrogens is 3. The van der Waals surface area contributed by atoms with Crippen LogP contribution in [0.15, 0.2) is 35.5 Å². The van der Waals surface area contributed by atoms with Gasteiger partial charge in [0.1, 0.15) is 5.82 Å². The molecule has 3 heterocycles. The molecule has 1 aliphatic carbocycles. The molecule has 7 nitrogen and oxygen atoms in total. The molecular formula is C19H23N5O2. The van der Waals surface area contributed by atoms with Crippen molar-refractivity contribution in [2.45, 2.75) is 31.6 Å². The maximum Gasteiger partial charge on any atom is 0.230 e. The number of pyridine rings is 1. The van der Waals surface area contributed by atoms with E-state index in [2.05, 4.69) is 26.6 Å². The minimum Gasteiger partial charge on any atom is -0.353 e. The van der Waals surface area contributed by atoms with Crippen molar-refractivity contribution in [3.63, 3.8) is 0 Å². The summed E-state index contributed by atoms with van der Waals surface area (Å²) >= 11 is 0. The molecule has 26 heavy (non-hydrogen) atoms. The van der Waals surface area contributed by atoms with Crippen molar-refractivity contribution < 1.29 is 9.32 Å². The van der Waals surface area contributed by atoms with E-state index in [0.717, 1.165) is 62.7 Å². The molecule has 2 aromatic rings. The summed E-state index contributed by atoms with van der Waals surface area (Å²) < 4.78 is 5.31. The molecule has 136 valence electrons. The van der Waals surface area contributed by atoms with Crippen molar-refractivity contribution in [1.29, 1.82) is 0 Å². The Labute approximate surface area is 152 Å². The summed E-state index contributed by atoms with van der Waals surface area (Å²) in [6.45, 7) is 6.72. The highest BCUT2D eigenvalue weighted by molar-refractivity contribution is 5.76. The summed E-state index contributed by atoms with van der Waals surface area (Å²) in [4.78, 5) is 25.2. The first kappa shape index (κ1) is 16.8. The van der Waals surface area contributed by atoms with Crippen LogP contribution < -0.4 is 4.90 Å². The van der Waals surface area contributed by atoms with E-state index in [1.165, 1.54) is 0 Å². The van der Waals surface area contributed by atoms with E-state index in [-0.39, 0.29) is 5.91 Å². The van der Waals surface area contributed by atoms with Crippen LogP contribution in [-0.2, 0) is 4.79 Å². The summed E-state index contributed by atoms with van der Waals surface area (Å²) in [6.07, 6.45) is 7.14. The largest absolute Gasteiger partial charge is 0.353 e. The molecule has 0 bridgehead atoms. The monoisotopic (exact) mass is 353 g/mol. The fraction of sp³-hybridized carbons (Fsp3) is 0.474. The Balaban J connectivity index is 1.35. The highest BCUT2D eigenvalue weighted by Gasteiger charge is 2.30. The van der Waals surface area contributed by atoms with Gasteiger partial charge < -0.3 is 14.3 Å². The van der Waals surface area contributed by atoms with Gasteiger partial charge in [-0.2, -0.15) is 4.98 Å². The number of nitrogens with zero attached hydrogens (tertiary/aromatic N) is 5. The fourth-order valence-electron chi connectivity index (χ4n) is 3.12. The summed E-state index contributed by atoms with van der Waals surface area (Å²) in [5.74, 6) is 2.91. The van der Waals surface area contributed by atoms with Crippen molar-refractivity contribution in [2.75, 3.05) is 31.1 Å². The zero-order valence-electron chi connectivity index (χ0n) is 14.8. The second-order valence-corrected chi connectivity index (χ2v) is 6.83. The first-order valence-corrected chi connectivity index (χ1v) is 9.18. The van der Waals surface area contributed by atoms with Crippen molar-refractivity contribution in [2.24, 2.45) is 0 Å². The molecule has 0 atom stereocenters. The number of amides is 1. The van der Waals surface area contributed by atoms with Crippen LogP contribution in [0.5, 0.6) is 0 Å². The molecule has 4 rings (SSSR count). The molecule has 1 aliphatic heterocycles. The molecule has 1 amide bonds. The van der Waals surface area contributed by atoms with Gasteiger partial charge in [0.15, 0.2) is 0 Å². The van der Waals surface area contributed by atoms with Gasteiger partial charge in [0.2, 0.25) is 17.6 Å². The lowest BCUT2D eigenvalue weighted by molar-refractivity contribution is -0.131. The van der Waals surface area contributed by atoms with Gasteiger partial charge in [-0.25, -0.2) is 4.98 Å². The SMILES string of the molecule is C=CCCC(=O)N1CCN(c2ccc(-c3noc(C4CC4)n3)cn2)CC1. The lowest BCUT2D eigenvalue weighted by atomic mass is 10.2. The van der Waals surface area contributed by atoms with Gasteiger partial charge in [-0.3, -0.25) is 4.79 Å². The number of carbonyl (C=O) groups excluding carboxylic acids is 1. The van der Waals surface area contributed by atoms with Gasteiger partial charge >= 0.3 is 0 Å². The number of anilines is 1. The summed E-state index contributed by atoms with van der Waals surface area (Å²) in [5.41, 5.74) is 0.864. The molecule has 2 fully saturated rings. The van der Waals surface area contributed by atoms with Crippen LogP contribution >= 0.6 is 0 Å². The van der Waals surface area contributed by atoms with Crippen molar-refractivity contribution in [3.05, 3.63) is 36.9 Å². The minimum atomic E-state index is 0.205. The molecule has 0 N–H and O–H groups in total. The fourth-order valence-corrected chi connectivity index (χ4v) is 3.12. The predicted molar refractivity (Wildman–Crippen MR) is 97.7 cm³/mol. The zero-order chi connectivity index (χ0) is 17.9. The molecule has 0 unspecified atom stereocenters. The molecule has 0 radical (unpaired) electrons. The zero-order valence-corrected chi connectivity index (χ0v) is 14.8. The average molecular weight is 353 g/mol. The van der Waals surface area contributed by atoms with Gasteiger partial charge in [0.25, 0.3) is 0 Å². The van der Waals surface area contributed by atoms with Crippen LogP contribution in [-0.4, -0.2) is 52.1 Å². The number of rotatable bonds is 6. The first-order chi connectivity index (χ1) is 12.7. The number of allylic oxidation sites excluding steroid dienone is 1. The van der Waals surface area contributed by atoms with Crippen LogP contribution in [0, 0.1) is 0 Å². The van der Waals surface area contributed by atoms with Gasteiger partial charge in [-0.05, 0) is 31.4 Å². The van der Waals surface area contributed by atoms with Gasteiger partial charge in [0.05, 0.1) is 0 Å². The number of piperazine rings is 1. The standard InChI is InChI=1S/C19H23N5O2/c1-2-3-4-17(25)24-11-9-23(10-12-24)16-8-7-15(13-20-16)18-21-19(26-22-18)14-5-6-14/h2,7-8,13-14H,1,3-6,9-12H2. The molecule has 0 spiro atoms. The molecule has 1 saturated heterocycles. The second-order valence-electron chi connectivity index (χ2n) is 6.83.